The molecule has 3 N–H and O–H groups in total. The van der Waals surface area contributed by atoms with Crippen LogP contribution in [0.15, 0.2) is 78.9 Å². The summed E-state index contributed by atoms with van der Waals surface area (Å²) < 4.78 is 0. The predicted molar refractivity (Wildman–Crippen MR) is 121 cm³/mol. The number of nitrogens with one attached hydrogen (secondary N) is 1. The van der Waals surface area contributed by atoms with Gasteiger partial charge in [0.25, 0.3) is 0 Å². The van der Waals surface area contributed by atoms with Crippen LogP contribution in [0.25, 0.3) is 11.1 Å². The predicted octanol–water partition coefficient (Wildman–Crippen LogP) is 4.68. The summed E-state index contributed by atoms with van der Waals surface area (Å²) in [7, 11) is 0. The van der Waals surface area contributed by atoms with Crippen LogP contribution in [0.3, 0.4) is 0 Å². The molecule has 0 aliphatic carbocycles. The number of carboxylic acids is 2. The van der Waals surface area contributed by atoms with E-state index in [-0.39, 0.29) is 6.42 Å². The van der Waals surface area contributed by atoms with Crippen LogP contribution in [0.1, 0.15) is 17.5 Å². The second-order valence-electron chi connectivity index (χ2n) is 7.38. The van der Waals surface area contributed by atoms with Crippen LogP contribution in [-0.4, -0.2) is 34.2 Å². The van der Waals surface area contributed by atoms with E-state index in [0.717, 1.165) is 22.3 Å². The Balaban J connectivity index is 1.66. The van der Waals surface area contributed by atoms with E-state index in [0.29, 0.717) is 17.9 Å². The van der Waals surface area contributed by atoms with Gasteiger partial charge in [-0.1, -0.05) is 78.3 Å². The van der Waals surface area contributed by atoms with E-state index in [1.54, 1.807) is 6.07 Å². The Morgan fingerprint density at radius 3 is 2.06 bits per heavy atom. The number of aliphatic carboxylic acids is 2. The lowest BCUT2D eigenvalue weighted by Gasteiger charge is -2.20. The molecular weight excluding hydrogens is 414 g/mol. The van der Waals surface area contributed by atoms with Gasteiger partial charge in [-0.3, -0.25) is 14.9 Å². The first-order valence-corrected chi connectivity index (χ1v) is 10.4. The number of halogens is 1. The monoisotopic (exact) mass is 437 g/mol. The molecule has 2 atom stereocenters. The van der Waals surface area contributed by atoms with Crippen molar-refractivity contribution in [3.05, 3.63) is 95.0 Å². The van der Waals surface area contributed by atoms with Crippen molar-refractivity contribution in [2.24, 2.45) is 0 Å². The van der Waals surface area contributed by atoms with Crippen LogP contribution in [0.2, 0.25) is 5.02 Å². The van der Waals surface area contributed by atoms with Gasteiger partial charge < -0.3 is 10.2 Å². The summed E-state index contributed by atoms with van der Waals surface area (Å²) >= 11 is 6.05. The van der Waals surface area contributed by atoms with Gasteiger partial charge in [0, 0.05) is 5.02 Å². The van der Waals surface area contributed by atoms with Crippen LogP contribution in [0, 0.1) is 0 Å². The Kier molecular flexibility index (Phi) is 7.82. The topological polar surface area (TPSA) is 86.6 Å². The molecule has 0 radical (unpaired) electrons. The lowest BCUT2D eigenvalue weighted by atomic mass is 9.99. The molecule has 0 fully saturated rings. The van der Waals surface area contributed by atoms with Gasteiger partial charge in [-0.2, -0.15) is 0 Å². The molecule has 0 saturated carbocycles. The number of rotatable bonds is 10. The van der Waals surface area contributed by atoms with E-state index >= 15 is 0 Å². The van der Waals surface area contributed by atoms with E-state index < -0.39 is 24.0 Å². The van der Waals surface area contributed by atoms with Crippen molar-refractivity contribution in [1.29, 1.82) is 0 Å². The molecule has 0 aliphatic rings. The van der Waals surface area contributed by atoms with Crippen molar-refractivity contribution in [2.45, 2.75) is 31.3 Å². The normalized spacial score (nSPS) is 12.8. The Labute approximate surface area is 186 Å². The minimum atomic E-state index is -1.08. The molecule has 0 unspecified atom stereocenters. The molecule has 3 aromatic carbocycles. The molecule has 3 aromatic rings. The van der Waals surface area contributed by atoms with Gasteiger partial charge >= 0.3 is 11.9 Å². The first kappa shape index (κ1) is 22.5. The quantitative estimate of drug-likeness (QED) is 0.428. The van der Waals surface area contributed by atoms with Crippen molar-refractivity contribution in [3.63, 3.8) is 0 Å². The van der Waals surface area contributed by atoms with E-state index in [1.807, 2.05) is 72.8 Å². The number of hydrogen-bond acceptors (Lipinski definition) is 3. The second-order valence-corrected chi connectivity index (χ2v) is 7.82. The molecule has 5 nitrogen and oxygen atoms in total. The maximum absolute atomic E-state index is 11.8. The minimum absolute atomic E-state index is 0.181. The molecule has 0 aromatic heterocycles. The van der Waals surface area contributed by atoms with E-state index in [1.165, 1.54) is 0 Å². The lowest BCUT2D eigenvalue weighted by molar-refractivity contribution is -0.142. The molecule has 0 saturated heterocycles. The highest BCUT2D eigenvalue weighted by Crippen LogP contribution is 2.23. The Bertz CT molecular complexity index is 1020. The molecule has 0 aliphatic heterocycles. The van der Waals surface area contributed by atoms with E-state index in [4.69, 9.17) is 11.6 Å². The lowest BCUT2D eigenvalue weighted by Crippen LogP contribution is -2.48. The highest BCUT2D eigenvalue weighted by molar-refractivity contribution is 6.30. The van der Waals surface area contributed by atoms with Crippen molar-refractivity contribution in [2.75, 3.05) is 0 Å². The Hall–Kier alpha value is -3.15. The largest absolute Gasteiger partial charge is 0.480 e. The molecular formula is C25H24ClNO4. The Morgan fingerprint density at radius 2 is 1.45 bits per heavy atom. The molecule has 0 heterocycles. The van der Waals surface area contributed by atoms with Gasteiger partial charge in [-0.25, -0.2) is 0 Å². The van der Waals surface area contributed by atoms with Crippen LogP contribution in [-0.2, 0) is 22.4 Å². The van der Waals surface area contributed by atoms with E-state index in [2.05, 4.69) is 5.32 Å². The maximum Gasteiger partial charge on any atom is 0.321 e. The van der Waals surface area contributed by atoms with Gasteiger partial charge in [-0.05, 0) is 53.6 Å². The zero-order chi connectivity index (χ0) is 22.2. The van der Waals surface area contributed by atoms with Gasteiger partial charge in [0.2, 0.25) is 0 Å². The summed E-state index contributed by atoms with van der Waals surface area (Å²) in [6.45, 7) is 0. The fraction of sp³-hybridized carbons (Fsp3) is 0.200. The van der Waals surface area contributed by atoms with Crippen LogP contribution < -0.4 is 5.32 Å². The number of carbonyl (C=O) groups is 2. The first-order chi connectivity index (χ1) is 14.9. The smallest absolute Gasteiger partial charge is 0.321 e. The number of benzene rings is 3. The zero-order valence-corrected chi connectivity index (χ0v) is 17.6. The second kappa shape index (κ2) is 10.8. The summed E-state index contributed by atoms with van der Waals surface area (Å²) in [5.41, 5.74) is 3.76. The third-order valence-corrected chi connectivity index (χ3v) is 5.35. The van der Waals surface area contributed by atoms with Crippen molar-refractivity contribution in [1.82, 2.24) is 5.32 Å². The third kappa shape index (κ3) is 6.67. The van der Waals surface area contributed by atoms with Gasteiger partial charge in [0.1, 0.15) is 12.1 Å². The van der Waals surface area contributed by atoms with E-state index in [9.17, 15) is 19.8 Å². The van der Waals surface area contributed by atoms with Gasteiger partial charge in [0.05, 0.1) is 0 Å². The molecule has 0 bridgehead atoms. The summed E-state index contributed by atoms with van der Waals surface area (Å²) in [6.07, 6.45) is 1.03. The SMILES string of the molecule is O=C(O)[C@H](CCc1ccccc1)N[C@@H](Cc1ccc(-c2cccc(Cl)c2)cc1)C(=O)O. The number of aryl methyl sites for hydroxylation is 1. The van der Waals surface area contributed by atoms with Crippen LogP contribution in [0.4, 0.5) is 0 Å². The molecule has 160 valence electrons. The van der Waals surface area contributed by atoms with Gasteiger partial charge in [-0.15, -0.1) is 0 Å². The van der Waals surface area contributed by atoms with Crippen molar-refractivity contribution >= 4 is 23.5 Å². The number of hydrogen-bond donors (Lipinski definition) is 3. The zero-order valence-electron chi connectivity index (χ0n) is 16.9. The summed E-state index contributed by atoms with van der Waals surface area (Å²) in [5, 5.41) is 22.7. The standard InChI is InChI=1S/C25H24ClNO4/c26-21-8-4-7-20(16-21)19-12-9-18(10-13-19)15-23(25(30)31)27-22(24(28)29)14-11-17-5-2-1-3-6-17/h1-10,12-13,16,22-23,27H,11,14-15H2,(H,28,29)(H,30,31)/t22-,23-/m0/s1. The maximum atomic E-state index is 11.8. The first-order valence-electron chi connectivity index (χ1n) is 10.0. The highest BCUT2D eigenvalue weighted by atomic mass is 35.5. The summed E-state index contributed by atoms with van der Waals surface area (Å²) in [5.74, 6) is -2.14. The molecule has 6 heteroatoms. The molecule has 0 amide bonds. The average molecular weight is 438 g/mol. The highest BCUT2D eigenvalue weighted by Gasteiger charge is 2.26. The minimum Gasteiger partial charge on any atom is -0.480 e. The van der Waals surface area contributed by atoms with Crippen LogP contribution in [0.5, 0.6) is 0 Å². The summed E-state index contributed by atoms with van der Waals surface area (Å²) in [4.78, 5) is 23.5. The Morgan fingerprint density at radius 1 is 0.774 bits per heavy atom. The van der Waals surface area contributed by atoms with Crippen molar-refractivity contribution < 1.29 is 19.8 Å². The van der Waals surface area contributed by atoms with Gasteiger partial charge in [0.15, 0.2) is 0 Å². The fourth-order valence-electron chi connectivity index (χ4n) is 3.43. The average Bonchev–Trinajstić information content (AvgIpc) is 2.76. The molecule has 3 rings (SSSR count). The summed E-state index contributed by atoms with van der Waals surface area (Å²) in [6, 6.07) is 22.6. The molecule has 0 spiro atoms. The van der Waals surface area contributed by atoms with Crippen LogP contribution >= 0.6 is 11.6 Å². The van der Waals surface area contributed by atoms with Crippen molar-refractivity contribution in [3.8, 4) is 11.1 Å². The fourth-order valence-corrected chi connectivity index (χ4v) is 3.62. The third-order valence-electron chi connectivity index (χ3n) is 5.11. The number of carboxylic acid groups (broad SMARTS) is 2. The molecule has 31 heavy (non-hydrogen) atoms.